The van der Waals surface area contributed by atoms with Gasteiger partial charge in [-0.15, -0.1) is 0 Å². The van der Waals surface area contributed by atoms with Crippen molar-refractivity contribution >= 4 is 13.7 Å². The molecule has 0 aliphatic heterocycles. The Kier molecular flexibility index (Phi) is 5.08. The normalized spacial score (nSPS) is 16.7. The van der Waals surface area contributed by atoms with Crippen LogP contribution in [0, 0.1) is 0 Å². The molecule has 0 heterocycles. The van der Waals surface area contributed by atoms with Crippen LogP contribution in [0.2, 0.25) is 0 Å². The van der Waals surface area contributed by atoms with E-state index in [1.807, 2.05) is 0 Å². The quantitative estimate of drug-likeness (QED) is 0.416. The molecule has 0 radical (unpaired) electrons. The Morgan fingerprint density at radius 1 is 0.348 bits per heavy atom. The first kappa shape index (κ1) is 22.4. The Hall–Kier alpha value is -0.577. The van der Waals surface area contributed by atoms with E-state index in [0.717, 1.165) is 0 Å². The summed E-state index contributed by atoms with van der Waals surface area (Å²) in [6, 6.07) is 0. The van der Waals surface area contributed by atoms with E-state index in [-0.39, 0.29) is 0 Å². The molecule has 0 nitrogen and oxygen atoms in total. The predicted octanol–water partition coefficient (Wildman–Crippen LogP) is 5.11. The van der Waals surface area contributed by atoms with Crippen LogP contribution < -0.4 is 0 Å². The molecule has 0 saturated heterocycles. The molecule has 0 rings (SSSR count). The number of alkyl halides is 15. The van der Waals surface area contributed by atoms with Crippen LogP contribution in [0.15, 0.2) is 0 Å². The second-order valence-corrected chi connectivity index (χ2v) is 10.6. The summed E-state index contributed by atoms with van der Waals surface area (Å²) in [6.07, 6.45) is -23.6. The van der Waals surface area contributed by atoms with Crippen molar-refractivity contribution in [1.29, 1.82) is 0 Å². The summed E-state index contributed by atoms with van der Waals surface area (Å²) >= 11 is -11.4. The zero-order chi connectivity index (χ0) is 19.5. The molecule has 0 aromatic carbocycles. The molecular formula is C6F16Ge. The van der Waals surface area contributed by atoms with Gasteiger partial charge in [0, 0.05) is 0 Å². The van der Waals surface area contributed by atoms with E-state index in [0.29, 0.717) is 0 Å². The van der Waals surface area contributed by atoms with Crippen LogP contribution in [0.25, 0.3) is 0 Å². The topological polar surface area (TPSA) is 0 Å². The van der Waals surface area contributed by atoms with Gasteiger partial charge in [-0.05, 0) is 0 Å². The molecule has 0 amide bonds. The van der Waals surface area contributed by atoms with Crippen molar-refractivity contribution in [3.63, 3.8) is 0 Å². The van der Waals surface area contributed by atoms with Crippen LogP contribution in [-0.2, 0) is 0 Å². The minimum atomic E-state index is -11.4. The molecule has 0 N–H and O–H groups in total. The Balaban J connectivity index is 6.97. The molecule has 0 aromatic rings. The van der Waals surface area contributed by atoms with Crippen LogP contribution in [0.3, 0.4) is 0 Å². The Morgan fingerprint density at radius 3 is 0.565 bits per heavy atom. The fourth-order valence-corrected chi connectivity index (χ4v) is 6.12. The Morgan fingerprint density at radius 2 is 0.478 bits per heavy atom. The summed E-state index contributed by atoms with van der Waals surface area (Å²) in [6.45, 7) is 0. The molecule has 140 valence electrons. The van der Waals surface area contributed by atoms with E-state index >= 15 is 0 Å². The zero-order valence-electron chi connectivity index (χ0n) is 9.55. The summed E-state index contributed by atoms with van der Waals surface area (Å²) in [7, 11) is 0. The number of rotatable bonds is 3. The van der Waals surface area contributed by atoms with Crippen LogP contribution in [0.5, 0.6) is 0 Å². The maximum atomic E-state index is 13.4. The third-order valence-electron chi connectivity index (χ3n) is 2.37. The first-order valence-corrected chi connectivity index (χ1v) is 8.46. The van der Waals surface area contributed by atoms with Gasteiger partial charge in [0.15, 0.2) is 0 Å². The number of halogens is 16. The van der Waals surface area contributed by atoms with E-state index in [2.05, 4.69) is 0 Å². The van der Waals surface area contributed by atoms with E-state index in [1.54, 1.807) is 0 Å². The molecule has 0 unspecified atom stereocenters. The monoisotopic (exact) mass is 450 g/mol. The molecule has 0 aromatic heterocycles. The van der Waals surface area contributed by atoms with Crippen molar-refractivity contribution in [2.24, 2.45) is 0 Å². The third-order valence-corrected chi connectivity index (χ3v) is 9.60. The average molecular weight is 449 g/mol. The summed E-state index contributed by atoms with van der Waals surface area (Å²) in [5.41, 5.74) is 0. The van der Waals surface area contributed by atoms with Crippen LogP contribution >= 0.6 is 0 Å². The molecule has 0 aliphatic rings. The summed E-state index contributed by atoms with van der Waals surface area (Å²) < 4.78 is 171. The van der Waals surface area contributed by atoms with Gasteiger partial charge in [-0.2, -0.15) is 0 Å². The van der Waals surface area contributed by atoms with Crippen LogP contribution in [-0.4, -0.2) is 46.5 Å². The number of hydrogen-bond acceptors (Lipinski definition) is 0. The van der Waals surface area contributed by atoms with E-state index < -0.39 is 46.5 Å². The Labute approximate surface area is 117 Å². The van der Waals surface area contributed by atoms with Gasteiger partial charge in [0.2, 0.25) is 0 Å². The molecule has 0 bridgehead atoms. The van der Waals surface area contributed by atoms with Crippen molar-refractivity contribution in [2.45, 2.75) is 32.8 Å². The molecule has 0 fully saturated rings. The van der Waals surface area contributed by atoms with Crippen molar-refractivity contribution < 1.29 is 69.4 Å². The average Bonchev–Trinajstić information content (AvgIpc) is 2.22. The molecule has 0 saturated carbocycles. The second-order valence-electron chi connectivity index (χ2n) is 3.87. The van der Waals surface area contributed by atoms with Crippen molar-refractivity contribution in [1.82, 2.24) is 0 Å². The fourth-order valence-electron chi connectivity index (χ4n) is 1.18. The maximum absolute atomic E-state index is 13.4. The van der Waals surface area contributed by atoms with Gasteiger partial charge in [0.1, 0.15) is 0 Å². The van der Waals surface area contributed by atoms with Crippen molar-refractivity contribution in [3.8, 4) is 0 Å². The molecule has 23 heavy (non-hydrogen) atoms. The van der Waals surface area contributed by atoms with Crippen molar-refractivity contribution in [3.05, 3.63) is 0 Å². The molecular weight excluding hydrogens is 449 g/mol. The SMILES string of the molecule is FC(F)(F)[C](F)(F)[Ge]([F])([C](F)(F)C(F)(F)F)[C](F)(F)C(F)(F)F. The first-order valence-electron chi connectivity index (χ1n) is 4.52. The van der Waals surface area contributed by atoms with E-state index in [1.165, 1.54) is 0 Å². The number of hydrogen-bond donors (Lipinski definition) is 0. The first-order chi connectivity index (χ1) is 9.50. The van der Waals surface area contributed by atoms with Gasteiger partial charge in [-0.3, -0.25) is 0 Å². The molecule has 17 heteroatoms. The summed E-state index contributed by atoms with van der Waals surface area (Å²) in [4.78, 5) is 0. The van der Waals surface area contributed by atoms with Gasteiger partial charge in [-0.25, -0.2) is 0 Å². The fraction of sp³-hybridized carbons (Fsp3) is 1.00. The van der Waals surface area contributed by atoms with Crippen LogP contribution in [0.4, 0.5) is 69.4 Å². The van der Waals surface area contributed by atoms with Gasteiger partial charge in [-0.1, -0.05) is 0 Å². The second kappa shape index (κ2) is 5.21. The van der Waals surface area contributed by atoms with E-state index in [9.17, 15) is 69.4 Å². The van der Waals surface area contributed by atoms with Gasteiger partial charge in [0.05, 0.1) is 0 Å². The zero-order valence-corrected chi connectivity index (χ0v) is 11.6. The third kappa shape index (κ3) is 2.83. The summed E-state index contributed by atoms with van der Waals surface area (Å²) in [5, 5.41) is 0. The molecule has 0 aliphatic carbocycles. The van der Waals surface area contributed by atoms with E-state index in [4.69, 9.17) is 0 Å². The Bertz CT molecular complexity index is 370. The van der Waals surface area contributed by atoms with Gasteiger partial charge in [0.25, 0.3) is 0 Å². The van der Waals surface area contributed by atoms with Crippen molar-refractivity contribution in [2.75, 3.05) is 0 Å². The standard InChI is InChI=1S/C6F16Ge/c7-1(8,9)4(16,17)23(22,5(18,19)2(10,11)12)6(20,21)3(13,14)15. The predicted molar refractivity (Wildman–Crippen MR) is 39.9 cm³/mol. The summed E-state index contributed by atoms with van der Waals surface area (Å²) in [5.74, 6) is 0. The minimum absolute atomic E-state index is 7.86. The molecule has 0 atom stereocenters. The molecule has 0 spiro atoms. The van der Waals surface area contributed by atoms with Gasteiger partial charge >= 0.3 is 116 Å². The van der Waals surface area contributed by atoms with Crippen LogP contribution in [0.1, 0.15) is 0 Å². The van der Waals surface area contributed by atoms with Gasteiger partial charge < -0.3 is 0 Å².